The molecular weight excluding hydrogens is 659 g/mol. The van der Waals surface area contributed by atoms with Crippen molar-refractivity contribution in [1.82, 2.24) is 5.32 Å². The standard InChI is InChI=1S/C47H87NO5/c1-3-5-7-9-11-13-14-21-25-29-33-37-41-47(52)53-42-38-34-30-26-22-19-17-15-16-18-20-24-28-32-36-40-46(51)48-44(43-49)45(50)39-35-31-27-23-12-10-8-6-4-2/h15,17,19,22,35,39,44-45,49-50H,3-14,16,18,20-21,23-34,36-38,40-43H2,1-2H3,(H,48,51)/b17-15-,22-19-,39-35+. The van der Waals surface area contributed by atoms with Gasteiger partial charge in [0, 0.05) is 12.8 Å². The summed E-state index contributed by atoms with van der Waals surface area (Å²) in [6.45, 7) is 4.79. The first kappa shape index (κ1) is 51.1. The predicted molar refractivity (Wildman–Crippen MR) is 227 cm³/mol. The van der Waals surface area contributed by atoms with E-state index in [1.165, 1.54) is 122 Å². The Balaban J connectivity index is 3.55. The van der Waals surface area contributed by atoms with E-state index in [2.05, 4.69) is 43.5 Å². The SMILES string of the molecule is CCCCCCCCC/C=C/C(O)C(CO)NC(=O)CCCCCCCC/C=C\C=C/CCCCCOC(=O)CCCCCCCCCCCCCC. The van der Waals surface area contributed by atoms with Gasteiger partial charge < -0.3 is 20.3 Å². The van der Waals surface area contributed by atoms with Gasteiger partial charge in [-0.15, -0.1) is 0 Å². The number of hydrogen-bond acceptors (Lipinski definition) is 5. The number of hydrogen-bond donors (Lipinski definition) is 3. The first-order valence-electron chi connectivity index (χ1n) is 22.8. The van der Waals surface area contributed by atoms with Crippen LogP contribution in [0.1, 0.15) is 226 Å². The van der Waals surface area contributed by atoms with E-state index in [1.54, 1.807) is 6.08 Å². The van der Waals surface area contributed by atoms with Gasteiger partial charge in [-0.05, 0) is 64.2 Å². The molecule has 310 valence electrons. The van der Waals surface area contributed by atoms with Crippen LogP contribution in [0, 0.1) is 0 Å². The summed E-state index contributed by atoms with van der Waals surface area (Å²) in [5, 5.41) is 22.8. The maximum absolute atomic E-state index is 12.3. The zero-order chi connectivity index (χ0) is 38.7. The molecule has 0 aliphatic carbocycles. The molecule has 0 rings (SSSR count). The fraction of sp³-hybridized carbons (Fsp3) is 0.830. The van der Waals surface area contributed by atoms with Crippen LogP contribution in [0.25, 0.3) is 0 Å². The molecule has 2 atom stereocenters. The summed E-state index contributed by atoms with van der Waals surface area (Å²) in [5.74, 6) is -0.118. The first-order valence-corrected chi connectivity index (χ1v) is 22.8. The van der Waals surface area contributed by atoms with Gasteiger partial charge in [-0.2, -0.15) is 0 Å². The van der Waals surface area contributed by atoms with E-state index in [4.69, 9.17) is 4.74 Å². The Morgan fingerprint density at radius 1 is 0.528 bits per heavy atom. The van der Waals surface area contributed by atoms with Crippen LogP contribution >= 0.6 is 0 Å². The molecule has 3 N–H and O–H groups in total. The summed E-state index contributed by atoms with van der Waals surface area (Å²) >= 11 is 0. The molecule has 0 aliphatic rings. The lowest BCUT2D eigenvalue weighted by Crippen LogP contribution is -2.45. The fourth-order valence-corrected chi connectivity index (χ4v) is 6.62. The molecule has 6 heteroatoms. The molecular formula is C47H87NO5. The third kappa shape index (κ3) is 39.6. The van der Waals surface area contributed by atoms with Crippen LogP contribution in [0.4, 0.5) is 0 Å². The van der Waals surface area contributed by atoms with Crippen molar-refractivity contribution in [3.63, 3.8) is 0 Å². The smallest absolute Gasteiger partial charge is 0.305 e. The Morgan fingerprint density at radius 3 is 1.40 bits per heavy atom. The minimum Gasteiger partial charge on any atom is -0.466 e. The highest BCUT2D eigenvalue weighted by atomic mass is 16.5. The normalized spacial score (nSPS) is 13.1. The lowest BCUT2D eigenvalue weighted by atomic mass is 10.0. The van der Waals surface area contributed by atoms with Crippen LogP contribution in [-0.4, -0.2) is 47.4 Å². The fourth-order valence-electron chi connectivity index (χ4n) is 6.62. The monoisotopic (exact) mass is 746 g/mol. The van der Waals surface area contributed by atoms with Gasteiger partial charge in [0.05, 0.1) is 25.4 Å². The molecule has 0 bridgehead atoms. The molecule has 0 aliphatic heterocycles. The van der Waals surface area contributed by atoms with Gasteiger partial charge >= 0.3 is 5.97 Å². The summed E-state index contributed by atoms with van der Waals surface area (Å²) in [6.07, 6.45) is 49.9. The van der Waals surface area contributed by atoms with Crippen LogP contribution in [-0.2, 0) is 14.3 Å². The van der Waals surface area contributed by atoms with E-state index < -0.39 is 12.1 Å². The first-order chi connectivity index (χ1) is 26.0. The molecule has 0 saturated heterocycles. The number of ether oxygens (including phenoxy) is 1. The molecule has 0 fully saturated rings. The Morgan fingerprint density at radius 2 is 0.925 bits per heavy atom. The van der Waals surface area contributed by atoms with Gasteiger partial charge in [0.2, 0.25) is 5.91 Å². The second-order valence-corrected chi connectivity index (χ2v) is 15.4. The largest absolute Gasteiger partial charge is 0.466 e. The predicted octanol–water partition coefficient (Wildman–Crippen LogP) is 12.9. The van der Waals surface area contributed by atoms with Crippen LogP contribution in [0.5, 0.6) is 0 Å². The van der Waals surface area contributed by atoms with Crippen molar-refractivity contribution in [3.05, 3.63) is 36.5 Å². The van der Waals surface area contributed by atoms with Crippen molar-refractivity contribution in [2.24, 2.45) is 0 Å². The van der Waals surface area contributed by atoms with Crippen LogP contribution < -0.4 is 5.32 Å². The topological polar surface area (TPSA) is 95.9 Å². The van der Waals surface area contributed by atoms with Crippen LogP contribution in [0.3, 0.4) is 0 Å². The molecule has 0 aromatic heterocycles. The number of unbranched alkanes of at least 4 members (excludes halogenated alkanes) is 27. The molecule has 2 unspecified atom stereocenters. The van der Waals surface area contributed by atoms with E-state index in [-0.39, 0.29) is 18.5 Å². The minimum absolute atomic E-state index is 0.0236. The lowest BCUT2D eigenvalue weighted by molar-refractivity contribution is -0.143. The molecule has 0 spiro atoms. The van der Waals surface area contributed by atoms with Gasteiger partial charge in [0.1, 0.15) is 0 Å². The van der Waals surface area contributed by atoms with Crippen molar-refractivity contribution in [3.8, 4) is 0 Å². The molecule has 0 saturated carbocycles. The van der Waals surface area contributed by atoms with Gasteiger partial charge in [-0.25, -0.2) is 0 Å². The summed E-state index contributed by atoms with van der Waals surface area (Å²) in [5.41, 5.74) is 0. The van der Waals surface area contributed by atoms with Gasteiger partial charge in [-0.3, -0.25) is 9.59 Å². The second-order valence-electron chi connectivity index (χ2n) is 15.4. The van der Waals surface area contributed by atoms with Gasteiger partial charge in [0.15, 0.2) is 0 Å². The van der Waals surface area contributed by atoms with E-state index in [0.717, 1.165) is 77.0 Å². The number of amides is 1. The lowest BCUT2D eigenvalue weighted by Gasteiger charge is -2.20. The third-order valence-corrected chi connectivity index (χ3v) is 10.2. The summed E-state index contributed by atoms with van der Waals surface area (Å²) in [4.78, 5) is 24.3. The highest BCUT2D eigenvalue weighted by molar-refractivity contribution is 5.76. The van der Waals surface area contributed by atoms with E-state index in [0.29, 0.717) is 19.4 Å². The number of carbonyl (C=O) groups is 2. The summed E-state index contributed by atoms with van der Waals surface area (Å²) in [7, 11) is 0. The van der Waals surface area contributed by atoms with Crippen molar-refractivity contribution < 1.29 is 24.5 Å². The molecule has 1 amide bonds. The minimum atomic E-state index is -0.856. The molecule has 0 aromatic rings. The molecule has 0 heterocycles. The number of aliphatic hydroxyl groups excluding tert-OH is 2. The van der Waals surface area contributed by atoms with Crippen molar-refractivity contribution in [2.75, 3.05) is 13.2 Å². The maximum atomic E-state index is 12.3. The molecule has 0 radical (unpaired) electrons. The van der Waals surface area contributed by atoms with Crippen LogP contribution in [0.15, 0.2) is 36.5 Å². The third-order valence-electron chi connectivity index (χ3n) is 10.2. The number of carbonyl (C=O) groups excluding carboxylic acids is 2. The number of rotatable bonds is 41. The highest BCUT2D eigenvalue weighted by Gasteiger charge is 2.18. The summed E-state index contributed by atoms with van der Waals surface area (Å²) in [6, 6.07) is -0.641. The Labute approximate surface area is 328 Å². The quantitative estimate of drug-likeness (QED) is 0.0251. The molecule has 6 nitrogen and oxygen atoms in total. The van der Waals surface area contributed by atoms with Crippen molar-refractivity contribution in [2.45, 2.75) is 238 Å². The second kappa shape index (κ2) is 42.8. The average molecular weight is 746 g/mol. The molecule has 0 aromatic carbocycles. The Bertz CT molecular complexity index is 869. The highest BCUT2D eigenvalue weighted by Crippen LogP contribution is 2.14. The van der Waals surface area contributed by atoms with Gasteiger partial charge in [0.25, 0.3) is 0 Å². The van der Waals surface area contributed by atoms with Gasteiger partial charge in [-0.1, -0.05) is 185 Å². The van der Waals surface area contributed by atoms with Crippen molar-refractivity contribution in [1.29, 1.82) is 0 Å². The Kier molecular flexibility index (Phi) is 41.3. The number of nitrogens with one attached hydrogen (secondary N) is 1. The van der Waals surface area contributed by atoms with E-state index in [1.807, 2.05) is 6.08 Å². The van der Waals surface area contributed by atoms with E-state index in [9.17, 15) is 19.8 Å². The van der Waals surface area contributed by atoms with E-state index >= 15 is 0 Å². The summed E-state index contributed by atoms with van der Waals surface area (Å²) < 4.78 is 5.42. The van der Waals surface area contributed by atoms with Crippen LogP contribution in [0.2, 0.25) is 0 Å². The zero-order valence-electron chi connectivity index (χ0n) is 35.0. The number of aliphatic hydroxyl groups is 2. The van der Waals surface area contributed by atoms with Crippen molar-refractivity contribution >= 4 is 11.9 Å². The maximum Gasteiger partial charge on any atom is 0.305 e. The number of allylic oxidation sites excluding steroid dienone is 5. The average Bonchev–Trinajstić information content (AvgIpc) is 3.16. The molecule has 53 heavy (non-hydrogen) atoms. The zero-order valence-corrected chi connectivity index (χ0v) is 35.0. The number of esters is 1. The Hall–Kier alpha value is -1.92.